The highest BCUT2D eigenvalue weighted by atomic mass is 16.4. The summed E-state index contributed by atoms with van der Waals surface area (Å²) in [6, 6.07) is -5.62. The number of rotatable bonds is 17. The van der Waals surface area contributed by atoms with Gasteiger partial charge in [-0.1, -0.05) is 13.8 Å². The molecular formula is C20H34N6O9. The maximum atomic E-state index is 12.8. The van der Waals surface area contributed by atoms with Gasteiger partial charge in [0.15, 0.2) is 0 Å². The Morgan fingerprint density at radius 3 is 1.46 bits per heavy atom. The minimum atomic E-state index is -1.50. The Morgan fingerprint density at radius 2 is 1.11 bits per heavy atom. The number of carboxylic acids is 2. The number of carbonyl (C=O) groups is 7. The quantitative estimate of drug-likeness (QED) is 0.0991. The minimum absolute atomic E-state index is 0.0848. The number of aliphatic carboxylic acids is 2. The van der Waals surface area contributed by atoms with Crippen molar-refractivity contribution < 1.29 is 43.8 Å². The van der Waals surface area contributed by atoms with Gasteiger partial charge in [-0.15, -0.1) is 0 Å². The normalized spacial score (nSPS) is 14.2. The Labute approximate surface area is 201 Å². The Kier molecular flexibility index (Phi) is 13.6. The summed E-state index contributed by atoms with van der Waals surface area (Å²) >= 11 is 0. The van der Waals surface area contributed by atoms with Crippen molar-refractivity contribution in [1.29, 1.82) is 0 Å². The molecule has 198 valence electrons. The highest BCUT2D eigenvalue weighted by Crippen LogP contribution is 2.08. The summed E-state index contributed by atoms with van der Waals surface area (Å²) in [7, 11) is 0. The monoisotopic (exact) mass is 502 g/mol. The van der Waals surface area contributed by atoms with E-state index in [1.807, 2.05) is 0 Å². The molecule has 0 spiro atoms. The number of nitrogens with one attached hydrogen (secondary N) is 3. The van der Waals surface area contributed by atoms with E-state index in [2.05, 4.69) is 16.0 Å². The molecule has 15 heteroatoms. The van der Waals surface area contributed by atoms with E-state index in [1.54, 1.807) is 13.8 Å². The molecule has 11 N–H and O–H groups in total. The smallest absolute Gasteiger partial charge is 0.326 e. The molecule has 5 amide bonds. The van der Waals surface area contributed by atoms with Crippen LogP contribution in [0.1, 0.15) is 52.4 Å². The number of primary amides is 2. The topological polar surface area (TPSA) is 274 Å². The molecule has 0 radical (unpaired) electrons. The molecule has 0 aliphatic carbocycles. The SMILES string of the molecule is CC(C)CC(NC(=O)C(CCC(N)=O)NC(=O)C(CCC(N)=O)NC(=O)C(N)CC(=O)O)C(=O)O. The number of amides is 5. The standard InChI is InChI=1S/C20H34N6O9/c1-9(2)7-13(20(34)35)26-19(33)12(4-6-15(23)28)25-18(32)11(3-5-14(22)27)24-17(31)10(21)8-16(29)30/h9-13H,3-8,21H2,1-2H3,(H2,22,27)(H2,23,28)(H,24,31)(H,25,32)(H,26,33)(H,29,30)(H,34,35). The predicted molar refractivity (Wildman–Crippen MR) is 120 cm³/mol. The van der Waals surface area contributed by atoms with Crippen LogP contribution in [0.2, 0.25) is 0 Å². The molecule has 4 unspecified atom stereocenters. The van der Waals surface area contributed by atoms with E-state index in [9.17, 15) is 38.7 Å². The second kappa shape index (κ2) is 15.2. The average molecular weight is 503 g/mol. The molecule has 0 rings (SSSR count). The van der Waals surface area contributed by atoms with Gasteiger partial charge in [0.25, 0.3) is 0 Å². The maximum Gasteiger partial charge on any atom is 0.326 e. The lowest BCUT2D eigenvalue weighted by Gasteiger charge is -2.25. The fourth-order valence-electron chi connectivity index (χ4n) is 2.91. The molecule has 35 heavy (non-hydrogen) atoms. The van der Waals surface area contributed by atoms with Gasteiger partial charge < -0.3 is 43.4 Å². The highest BCUT2D eigenvalue weighted by molar-refractivity contribution is 5.95. The van der Waals surface area contributed by atoms with E-state index in [1.165, 1.54) is 0 Å². The lowest BCUT2D eigenvalue weighted by Crippen LogP contribution is -2.57. The largest absolute Gasteiger partial charge is 0.481 e. The van der Waals surface area contributed by atoms with Gasteiger partial charge in [0, 0.05) is 12.8 Å². The first-order valence-electron chi connectivity index (χ1n) is 10.8. The predicted octanol–water partition coefficient (Wildman–Crippen LogP) is -3.10. The molecule has 0 aliphatic heterocycles. The van der Waals surface area contributed by atoms with Gasteiger partial charge in [-0.2, -0.15) is 0 Å². The molecule has 0 aromatic carbocycles. The molecule has 0 aliphatic rings. The first kappa shape index (κ1) is 31.2. The van der Waals surface area contributed by atoms with Gasteiger partial charge in [-0.3, -0.25) is 28.8 Å². The highest BCUT2D eigenvalue weighted by Gasteiger charge is 2.31. The average Bonchev–Trinajstić information content (AvgIpc) is 2.71. The van der Waals surface area contributed by atoms with Crippen LogP contribution in [0.15, 0.2) is 0 Å². The van der Waals surface area contributed by atoms with Crippen LogP contribution in [0.4, 0.5) is 0 Å². The van der Waals surface area contributed by atoms with Crippen molar-refractivity contribution in [1.82, 2.24) is 16.0 Å². The van der Waals surface area contributed by atoms with Crippen molar-refractivity contribution in [3.05, 3.63) is 0 Å². The van der Waals surface area contributed by atoms with E-state index >= 15 is 0 Å². The molecule has 0 heterocycles. The molecule has 4 atom stereocenters. The number of carboxylic acid groups (broad SMARTS) is 2. The first-order valence-corrected chi connectivity index (χ1v) is 10.8. The third-order valence-electron chi connectivity index (χ3n) is 4.68. The fraction of sp³-hybridized carbons (Fsp3) is 0.650. The fourth-order valence-corrected chi connectivity index (χ4v) is 2.91. The van der Waals surface area contributed by atoms with Crippen molar-refractivity contribution in [2.24, 2.45) is 23.1 Å². The van der Waals surface area contributed by atoms with Gasteiger partial charge in [-0.25, -0.2) is 4.79 Å². The Hall–Kier alpha value is -3.75. The summed E-state index contributed by atoms with van der Waals surface area (Å²) in [4.78, 5) is 82.4. The van der Waals surface area contributed by atoms with Gasteiger partial charge in [0.05, 0.1) is 12.5 Å². The maximum absolute atomic E-state index is 12.8. The number of hydrogen-bond donors (Lipinski definition) is 8. The molecule has 0 fully saturated rings. The number of nitrogens with two attached hydrogens (primary N) is 3. The third kappa shape index (κ3) is 13.5. The Balaban J connectivity index is 5.65. The molecular weight excluding hydrogens is 468 g/mol. The zero-order valence-corrected chi connectivity index (χ0v) is 19.6. The second-order valence-corrected chi connectivity index (χ2v) is 8.37. The molecule has 0 aromatic rings. The molecule has 0 saturated heterocycles. The molecule has 0 saturated carbocycles. The molecule has 15 nitrogen and oxygen atoms in total. The lowest BCUT2D eigenvalue weighted by molar-refractivity contribution is -0.143. The van der Waals surface area contributed by atoms with Gasteiger partial charge in [0.1, 0.15) is 18.1 Å². The zero-order chi connectivity index (χ0) is 27.3. The van der Waals surface area contributed by atoms with Crippen molar-refractivity contribution in [2.75, 3.05) is 0 Å². The summed E-state index contributed by atoms with van der Waals surface area (Å²) < 4.78 is 0. The van der Waals surface area contributed by atoms with Crippen LogP contribution in [0.25, 0.3) is 0 Å². The van der Waals surface area contributed by atoms with E-state index in [4.69, 9.17) is 22.3 Å². The second-order valence-electron chi connectivity index (χ2n) is 8.37. The summed E-state index contributed by atoms with van der Waals surface area (Å²) in [5.41, 5.74) is 15.7. The van der Waals surface area contributed by atoms with Crippen molar-refractivity contribution in [3.8, 4) is 0 Å². The summed E-state index contributed by atoms with van der Waals surface area (Å²) in [5, 5.41) is 24.9. The van der Waals surface area contributed by atoms with Crippen LogP contribution in [0.3, 0.4) is 0 Å². The lowest BCUT2D eigenvalue weighted by atomic mass is 10.0. The van der Waals surface area contributed by atoms with Crippen LogP contribution < -0.4 is 33.2 Å². The van der Waals surface area contributed by atoms with Gasteiger partial charge in [0.2, 0.25) is 29.5 Å². The Morgan fingerprint density at radius 1 is 0.714 bits per heavy atom. The minimum Gasteiger partial charge on any atom is -0.481 e. The van der Waals surface area contributed by atoms with Crippen LogP contribution in [0, 0.1) is 5.92 Å². The number of hydrogen-bond acceptors (Lipinski definition) is 8. The van der Waals surface area contributed by atoms with E-state index in [0.717, 1.165) is 0 Å². The Bertz CT molecular complexity index is 817. The van der Waals surface area contributed by atoms with Gasteiger partial charge >= 0.3 is 11.9 Å². The van der Waals surface area contributed by atoms with Crippen molar-refractivity contribution in [3.63, 3.8) is 0 Å². The first-order chi connectivity index (χ1) is 16.1. The third-order valence-corrected chi connectivity index (χ3v) is 4.68. The van der Waals surface area contributed by atoms with Crippen molar-refractivity contribution in [2.45, 2.75) is 76.5 Å². The van der Waals surface area contributed by atoms with E-state index in [0.29, 0.717) is 0 Å². The van der Waals surface area contributed by atoms with E-state index in [-0.39, 0.29) is 38.0 Å². The summed E-state index contributed by atoms with van der Waals surface area (Å²) in [6.07, 6.45) is -1.90. The van der Waals surface area contributed by atoms with Gasteiger partial charge in [-0.05, 0) is 25.2 Å². The van der Waals surface area contributed by atoms with Crippen LogP contribution >= 0.6 is 0 Å². The molecule has 0 aromatic heterocycles. The van der Waals surface area contributed by atoms with E-state index < -0.39 is 72.1 Å². The van der Waals surface area contributed by atoms with Crippen LogP contribution in [-0.4, -0.2) is 75.9 Å². The van der Waals surface area contributed by atoms with Crippen LogP contribution in [0.5, 0.6) is 0 Å². The zero-order valence-electron chi connectivity index (χ0n) is 19.6. The van der Waals surface area contributed by atoms with Crippen molar-refractivity contribution >= 4 is 41.5 Å². The molecule has 0 bridgehead atoms. The summed E-state index contributed by atoms with van der Waals surface area (Å²) in [5.74, 6) is -7.20. The summed E-state index contributed by atoms with van der Waals surface area (Å²) in [6.45, 7) is 3.49. The number of carbonyl (C=O) groups excluding carboxylic acids is 5. The van der Waals surface area contributed by atoms with Crippen LogP contribution in [-0.2, 0) is 33.6 Å².